The smallest absolute Gasteiger partial charge is 0.183 e. The van der Waals surface area contributed by atoms with Crippen molar-refractivity contribution in [1.29, 1.82) is 0 Å². The first-order valence-corrected chi connectivity index (χ1v) is 10.3. The molecule has 5 heteroatoms. The third kappa shape index (κ3) is 3.93. The molecule has 0 saturated heterocycles. The number of nitrogens with one attached hydrogen (secondary N) is 1. The third-order valence-corrected chi connectivity index (χ3v) is 5.92. The van der Waals surface area contributed by atoms with Crippen LogP contribution in [-0.4, -0.2) is 9.97 Å². The Morgan fingerprint density at radius 3 is 2.57 bits per heavy atom. The second-order valence-electron chi connectivity index (χ2n) is 6.71. The summed E-state index contributed by atoms with van der Waals surface area (Å²) >= 11 is 8.15. The Kier molecular flexibility index (Phi) is 5.42. The van der Waals surface area contributed by atoms with Crippen LogP contribution in [-0.2, 0) is 0 Å². The van der Waals surface area contributed by atoms with Crippen LogP contribution >= 0.6 is 22.9 Å². The van der Waals surface area contributed by atoms with Gasteiger partial charge in [-0.1, -0.05) is 65.4 Å². The van der Waals surface area contributed by atoms with Crippen molar-refractivity contribution in [3.05, 3.63) is 89.3 Å². The van der Waals surface area contributed by atoms with Gasteiger partial charge in [0.2, 0.25) is 0 Å². The van der Waals surface area contributed by atoms with Crippen molar-refractivity contribution in [3.8, 4) is 21.6 Å². The van der Waals surface area contributed by atoms with Crippen LogP contribution in [0.25, 0.3) is 21.6 Å². The minimum Gasteiger partial charge on any atom is -0.355 e. The standard InChI is InChI=1S/C23H20ClN3S/c1-15-8-9-18(21(24)12-15)20-13-25-11-10-19(20)22-14-26-23(28-22)27-16(2)17-6-4-3-5-7-17/h3-14,16H,1-2H3,(H,26,27)/t16-/m1/s1. The van der Waals surface area contributed by atoms with Gasteiger partial charge >= 0.3 is 0 Å². The zero-order valence-corrected chi connectivity index (χ0v) is 17.3. The van der Waals surface area contributed by atoms with Crippen molar-refractivity contribution in [1.82, 2.24) is 9.97 Å². The molecule has 140 valence electrons. The molecule has 2 heterocycles. The predicted molar refractivity (Wildman–Crippen MR) is 119 cm³/mol. The SMILES string of the molecule is Cc1ccc(-c2cnccc2-c2cnc(N[C@H](C)c3ccccc3)s2)c(Cl)c1. The summed E-state index contributed by atoms with van der Waals surface area (Å²) in [6.45, 7) is 4.18. The maximum absolute atomic E-state index is 6.51. The highest BCUT2D eigenvalue weighted by atomic mass is 35.5. The predicted octanol–water partition coefficient (Wildman–Crippen LogP) is 7.01. The molecule has 0 saturated carbocycles. The van der Waals surface area contributed by atoms with E-state index in [1.54, 1.807) is 17.5 Å². The Morgan fingerprint density at radius 1 is 0.964 bits per heavy atom. The molecule has 0 bridgehead atoms. The lowest BCUT2D eigenvalue weighted by Gasteiger charge is -2.13. The molecule has 0 aliphatic rings. The summed E-state index contributed by atoms with van der Waals surface area (Å²) in [6.07, 6.45) is 5.58. The number of rotatable bonds is 5. The van der Waals surface area contributed by atoms with Gasteiger partial charge in [-0.3, -0.25) is 4.98 Å². The lowest BCUT2D eigenvalue weighted by Crippen LogP contribution is -2.05. The van der Waals surface area contributed by atoms with Crippen molar-refractivity contribution in [2.75, 3.05) is 5.32 Å². The Labute approximate surface area is 174 Å². The third-order valence-electron chi connectivity index (χ3n) is 4.65. The number of anilines is 1. The normalized spacial score (nSPS) is 12.0. The topological polar surface area (TPSA) is 37.8 Å². The fourth-order valence-electron chi connectivity index (χ4n) is 3.14. The van der Waals surface area contributed by atoms with Crippen LogP contribution in [0.2, 0.25) is 5.02 Å². The Balaban J connectivity index is 1.64. The van der Waals surface area contributed by atoms with Gasteiger partial charge in [0.15, 0.2) is 5.13 Å². The maximum atomic E-state index is 6.51. The summed E-state index contributed by atoms with van der Waals surface area (Å²) in [5.74, 6) is 0. The summed E-state index contributed by atoms with van der Waals surface area (Å²) in [6, 6.07) is 18.7. The Bertz CT molecular complexity index is 1090. The number of hydrogen-bond acceptors (Lipinski definition) is 4. The largest absolute Gasteiger partial charge is 0.355 e. The summed E-state index contributed by atoms with van der Waals surface area (Å²) in [7, 11) is 0. The highest BCUT2D eigenvalue weighted by Crippen LogP contribution is 2.39. The van der Waals surface area contributed by atoms with E-state index in [9.17, 15) is 0 Å². The van der Waals surface area contributed by atoms with Gasteiger partial charge in [0.25, 0.3) is 0 Å². The van der Waals surface area contributed by atoms with Crippen LogP contribution in [0.1, 0.15) is 24.1 Å². The van der Waals surface area contributed by atoms with Crippen LogP contribution < -0.4 is 5.32 Å². The van der Waals surface area contributed by atoms with Gasteiger partial charge in [-0.15, -0.1) is 0 Å². The van der Waals surface area contributed by atoms with E-state index in [-0.39, 0.29) is 6.04 Å². The molecule has 1 atom stereocenters. The van der Waals surface area contributed by atoms with Crippen molar-refractivity contribution >= 4 is 28.1 Å². The molecule has 4 rings (SSSR count). The van der Waals surface area contributed by atoms with Crippen LogP contribution in [0.4, 0.5) is 5.13 Å². The number of aryl methyl sites for hydroxylation is 1. The molecule has 0 unspecified atom stereocenters. The second-order valence-corrected chi connectivity index (χ2v) is 8.15. The van der Waals surface area contributed by atoms with Gasteiger partial charge in [-0.25, -0.2) is 4.98 Å². The number of halogens is 1. The first-order valence-electron chi connectivity index (χ1n) is 9.10. The molecule has 0 amide bonds. The molecule has 28 heavy (non-hydrogen) atoms. The van der Waals surface area contributed by atoms with Gasteiger partial charge < -0.3 is 5.32 Å². The molecule has 3 nitrogen and oxygen atoms in total. The average molecular weight is 406 g/mol. The minimum absolute atomic E-state index is 0.184. The van der Waals surface area contributed by atoms with Gasteiger partial charge in [0, 0.05) is 40.3 Å². The van der Waals surface area contributed by atoms with E-state index in [0.717, 1.165) is 37.3 Å². The molecule has 2 aromatic heterocycles. The monoisotopic (exact) mass is 405 g/mol. The highest BCUT2D eigenvalue weighted by Gasteiger charge is 2.14. The zero-order chi connectivity index (χ0) is 19.5. The van der Waals surface area contributed by atoms with Gasteiger partial charge in [0.05, 0.1) is 10.9 Å². The molecule has 0 spiro atoms. The molecule has 0 aliphatic carbocycles. The number of thiazole rings is 1. The fourth-order valence-corrected chi connectivity index (χ4v) is 4.42. The van der Waals surface area contributed by atoms with E-state index in [1.165, 1.54) is 5.56 Å². The van der Waals surface area contributed by atoms with E-state index in [2.05, 4.69) is 58.6 Å². The zero-order valence-electron chi connectivity index (χ0n) is 15.7. The first-order chi connectivity index (χ1) is 13.6. The van der Waals surface area contributed by atoms with E-state index in [1.807, 2.05) is 37.5 Å². The van der Waals surface area contributed by atoms with Crippen LogP contribution in [0.15, 0.2) is 73.2 Å². The molecule has 0 radical (unpaired) electrons. The van der Waals surface area contributed by atoms with Crippen molar-refractivity contribution < 1.29 is 0 Å². The Hall–Kier alpha value is -2.69. The molecule has 0 fully saturated rings. The molecular formula is C23H20ClN3S. The summed E-state index contributed by atoms with van der Waals surface area (Å²) in [5.41, 5.74) is 5.45. The lowest BCUT2D eigenvalue weighted by molar-refractivity contribution is 0.882. The van der Waals surface area contributed by atoms with Crippen LogP contribution in [0, 0.1) is 6.92 Å². The van der Waals surface area contributed by atoms with Crippen molar-refractivity contribution in [3.63, 3.8) is 0 Å². The molecule has 4 aromatic rings. The minimum atomic E-state index is 0.184. The number of aromatic nitrogens is 2. The van der Waals surface area contributed by atoms with E-state index in [4.69, 9.17) is 11.6 Å². The molecular weight excluding hydrogens is 386 g/mol. The number of pyridine rings is 1. The number of hydrogen-bond donors (Lipinski definition) is 1. The first kappa shape index (κ1) is 18.7. The van der Waals surface area contributed by atoms with Crippen molar-refractivity contribution in [2.24, 2.45) is 0 Å². The van der Waals surface area contributed by atoms with Crippen molar-refractivity contribution in [2.45, 2.75) is 19.9 Å². The van der Waals surface area contributed by atoms with Gasteiger partial charge in [-0.05, 0) is 37.1 Å². The quantitative estimate of drug-likeness (QED) is 0.388. The maximum Gasteiger partial charge on any atom is 0.183 e. The molecule has 2 aromatic carbocycles. The van der Waals surface area contributed by atoms with Crippen LogP contribution in [0.5, 0.6) is 0 Å². The summed E-state index contributed by atoms with van der Waals surface area (Å²) in [4.78, 5) is 9.98. The Morgan fingerprint density at radius 2 is 1.79 bits per heavy atom. The van der Waals surface area contributed by atoms with Crippen LogP contribution in [0.3, 0.4) is 0 Å². The van der Waals surface area contributed by atoms with E-state index in [0.29, 0.717) is 0 Å². The van der Waals surface area contributed by atoms with Gasteiger partial charge in [0.1, 0.15) is 0 Å². The number of benzene rings is 2. The molecule has 1 N–H and O–H groups in total. The average Bonchev–Trinajstić information content (AvgIpc) is 3.17. The number of nitrogens with zero attached hydrogens (tertiary/aromatic N) is 2. The fraction of sp³-hybridized carbons (Fsp3) is 0.130. The second kappa shape index (κ2) is 8.13. The summed E-state index contributed by atoms with van der Waals surface area (Å²) < 4.78 is 0. The van der Waals surface area contributed by atoms with E-state index < -0.39 is 0 Å². The molecule has 0 aliphatic heterocycles. The van der Waals surface area contributed by atoms with E-state index >= 15 is 0 Å². The lowest BCUT2D eigenvalue weighted by atomic mass is 10.0. The summed E-state index contributed by atoms with van der Waals surface area (Å²) in [5, 5.41) is 5.12. The highest BCUT2D eigenvalue weighted by molar-refractivity contribution is 7.18. The van der Waals surface area contributed by atoms with Gasteiger partial charge in [-0.2, -0.15) is 0 Å².